The largest absolute Gasteiger partial charge is 0.508 e. The van der Waals surface area contributed by atoms with Crippen molar-refractivity contribution in [1.29, 1.82) is 5.41 Å². The van der Waals surface area contributed by atoms with E-state index in [0.717, 1.165) is 37.5 Å². The summed E-state index contributed by atoms with van der Waals surface area (Å²) in [5.41, 5.74) is 18.2. The molecule has 1 aromatic heterocycles. The number of fused-ring (bicyclic) bond motifs is 5. The number of amides is 8. The number of guanidine groups is 1. The molecule has 1 aliphatic heterocycles. The zero-order valence-corrected chi connectivity index (χ0v) is 57.2. The number of carbonyl (C=O) groups excluding carboxylic acids is 11. The number of hydrogen-bond donors (Lipinski definition) is 16. The van der Waals surface area contributed by atoms with E-state index in [1.807, 2.05) is 0 Å². The lowest BCUT2D eigenvalue weighted by atomic mass is 9.45. The van der Waals surface area contributed by atoms with Crippen LogP contribution in [-0.4, -0.2) is 186 Å². The zero-order valence-electron chi connectivity index (χ0n) is 57.2. The highest BCUT2D eigenvalue weighted by Crippen LogP contribution is 2.66. The van der Waals surface area contributed by atoms with Crippen molar-refractivity contribution in [3.63, 3.8) is 0 Å². The van der Waals surface area contributed by atoms with Crippen molar-refractivity contribution in [2.24, 2.45) is 63.5 Å². The van der Waals surface area contributed by atoms with E-state index in [1.165, 1.54) is 41.7 Å². The number of Topliss-reactive ketones (excluding diaryl/α,β-unsaturated/α-hetero) is 1. The van der Waals surface area contributed by atoms with Crippen LogP contribution in [0.3, 0.4) is 0 Å². The second kappa shape index (κ2) is 35.1. The number of aromatic nitrogens is 2. The molecule has 544 valence electrons. The van der Waals surface area contributed by atoms with Crippen LogP contribution in [0.2, 0.25) is 0 Å². The maximum atomic E-state index is 14.5. The van der Waals surface area contributed by atoms with Gasteiger partial charge in [0.15, 0.2) is 17.5 Å². The molecule has 30 heteroatoms. The Morgan fingerprint density at radius 3 is 1.98 bits per heavy atom. The molecule has 0 bridgehead atoms. The van der Waals surface area contributed by atoms with Gasteiger partial charge in [0, 0.05) is 62.0 Å². The van der Waals surface area contributed by atoms with Gasteiger partial charge in [0.1, 0.15) is 60.9 Å². The number of phenolic OH excluding ortho intramolecular Hbond substituents is 1. The highest BCUT2D eigenvalue weighted by atomic mass is 16.4. The molecule has 3 aromatic rings. The number of H-pyrrole nitrogens is 1. The number of aromatic amines is 1. The number of rotatable bonds is 31. The van der Waals surface area contributed by atoms with Gasteiger partial charge in [-0.15, -0.1) is 0 Å². The number of aliphatic hydroxyl groups is 2. The van der Waals surface area contributed by atoms with E-state index in [9.17, 15) is 78.0 Å². The first-order chi connectivity index (χ1) is 47.4. The molecule has 4 aliphatic carbocycles. The van der Waals surface area contributed by atoms with Crippen LogP contribution >= 0.6 is 0 Å². The van der Waals surface area contributed by atoms with Crippen molar-refractivity contribution in [2.45, 2.75) is 185 Å². The van der Waals surface area contributed by atoms with Crippen molar-refractivity contribution < 1.29 is 78.0 Å². The lowest BCUT2D eigenvalue weighted by Crippen LogP contribution is -2.62. The van der Waals surface area contributed by atoms with Crippen LogP contribution in [0.15, 0.2) is 78.8 Å². The number of likely N-dealkylation sites (tertiary alicyclic amines) is 1. The first-order valence-electron chi connectivity index (χ1n) is 34.2. The smallest absolute Gasteiger partial charge is 0.326 e. The number of nitrogens with two attached hydrogens (primary N) is 3. The van der Waals surface area contributed by atoms with Crippen molar-refractivity contribution in [2.75, 3.05) is 19.7 Å². The Hall–Kier alpha value is -9.42. The average Bonchev–Trinajstić information content (AvgIpc) is 1.36. The van der Waals surface area contributed by atoms with Crippen LogP contribution in [0.5, 0.6) is 5.75 Å². The lowest BCUT2D eigenvalue weighted by molar-refractivity contribution is -0.157. The van der Waals surface area contributed by atoms with Crippen LogP contribution in [-0.2, 0) is 76.8 Å². The number of carboxylic acids is 1. The van der Waals surface area contributed by atoms with Crippen LogP contribution in [0, 0.1) is 51.7 Å². The SMILES string of the molecule is CC(C)[C@H](NC(=O)[C@H](CCCNC(=N)N)NC(=O)[C@@H](N)CC(N)=O)C(=O)N[C@@H](Cc1ccc(O)cc1)C(=O)N[C@H](C(=O)N[C@@H](Cc1cnc[nH]1)C(=O)N1CCC[C@H]1C(=O)N[C@@H](Cc1ccccc1)C(=O)O)C(C)C.C[C@]12CCC(=O)C=C1CC[C@@H]1[C@@H]2[C@@H](O)C[C@]2(C=O)[C@@H](C(=O)CO)CC[C@@H]12. The van der Waals surface area contributed by atoms with Gasteiger partial charge in [0.2, 0.25) is 47.3 Å². The predicted molar refractivity (Wildman–Crippen MR) is 363 cm³/mol. The van der Waals surface area contributed by atoms with Gasteiger partial charge in [-0.3, -0.25) is 53.4 Å². The number of aldehydes is 1. The highest BCUT2D eigenvalue weighted by molar-refractivity contribution is 5.99. The number of carboxylic acid groups (broad SMARTS) is 1. The maximum Gasteiger partial charge on any atom is 0.326 e. The van der Waals surface area contributed by atoms with Crippen molar-refractivity contribution in [3.05, 3.63) is 95.6 Å². The Labute approximate surface area is 580 Å². The van der Waals surface area contributed by atoms with E-state index in [1.54, 1.807) is 64.1 Å². The molecule has 19 N–H and O–H groups in total. The Morgan fingerprint density at radius 2 is 1.39 bits per heavy atom. The quantitative estimate of drug-likeness (QED) is 0.0171. The van der Waals surface area contributed by atoms with Crippen molar-refractivity contribution in [1.82, 2.24) is 52.1 Å². The number of ketones is 2. The molecule has 2 heterocycles. The van der Waals surface area contributed by atoms with Gasteiger partial charge < -0.3 is 89.5 Å². The number of nitrogens with one attached hydrogen (secondary N) is 9. The number of aromatic hydroxyl groups is 1. The standard InChI is InChI=1S/C49H70N14O11.C21H28O5/c1-26(2)39(61-42(67)33(12-8-18-55-49(52)53)57-41(66)32(50)23-38(51)65)45(70)58-34(20-29-14-16-31(64)17-15-29)43(68)62-40(27(3)4)46(71)59-35(22-30-24-54-25-56-30)47(72)63-19-9-13-37(63)44(69)60-36(48(73)74)21-28-10-6-5-7-11-28;1-20-7-6-13(24)8-12(20)2-3-14-15-4-5-16(18(26)10-22)21(15,11-23)9-17(25)19(14)20/h5-7,10-11,14-17,24-27,32-37,39-40,64H,8-9,12-13,18-23,50H2,1-4H3,(H2,51,65)(H,54,56)(H,57,66)(H,58,70)(H,59,71)(H,60,69)(H,61,67)(H,62,68)(H,73,74)(H4,52,53,55);8,11,14-17,19,22,25H,2-7,9-10H2,1H3/t32-,33-,34-,35-,36-,37-,39-,40-;14-,15-,16+,17-,19+,20-,21+/m00/s1. The van der Waals surface area contributed by atoms with Gasteiger partial charge in [0.25, 0.3) is 0 Å². The third-order valence-electron chi connectivity index (χ3n) is 20.5. The van der Waals surface area contributed by atoms with Gasteiger partial charge in [-0.25, -0.2) is 9.78 Å². The fraction of sp³-hybridized carbons (Fsp3) is 0.571. The summed E-state index contributed by atoms with van der Waals surface area (Å²) in [6.07, 6.45) is 9.62. The first kappa shape index (κ1) is 77.9. The van der Waals surface area contributed by atoms with E-state index in [0.29, 0.717) is 42.5 Å². The molecule has 0 spiro atoms. The minimum Gasteiger partial charge on any atom is -0.508 e. The molecule has 100 heavy (non-hydrogen) atoms. The fourth-order valence-electron chi connectivity index (χ4n) is 15.4. The minimum absolute atomic E-state index is 0.000167. The Kier molecular flexibility index (Phi) is 27.3. The van der Waals surface area contributed by atoms with Crippen LogP contribution in [0.1, 0.15) is 128 Å². The summed E-state index contributed by atoms with van der Waals surface area (Å²) >= 11 is 0. The van der Waals surface area contributed by atoms with Gasteiger partial charge in [-0.1, -0.05) is 82.7 Å². The normalized spacial score (nSPS) is 24.2. The number of carbonyl (C=O) groups is 12. The van der Waals surface area contributed by atoms with E-state index in [-0.39, 0.29) is 98.1 Å². The molecule has 30 nitrogen and oxygen atoms in total. The number of allylic oxidation sites excluding steroid dienone is 1. The summed E-state index contributed by atoms with van der Waals surface area (Å²) in [5.74, 6) is -9.42. The minimum atomic E-state index is -1.41. The Bertz CT molecular complexity index is 3480. The Morgan fingerprint density at radius 1 is 0.770 bits per heavy atom. The number of benzene rings is 2. The topological polar surface area (TPSA) is 504 Å². The van der Waals surface area contributed by atoms with Gasteiger partial charge in [-0.05, 0) is 129 Å². The summed E-state index contributed by atoms with van der Waals surface area (Å²) in [7, 11) is 0. The summed E-state index contributed by atoms with van der Waals surface area (Å²) < 4.78 is 0. The second-order valence-corrected chi connectivity index (χ2v) is 28.0. The molecular formula is C70H98N14O16. The molecular weight excluding hydrogens is 1290 g/mol. The molecule has 8 amide bonds. The number of aliphatic carboxylic acids is 1. The van der Waals surface area contributed by atoms with Crippen LogP contribution in [0.25, 0.3) is 0 Å². The molecule has 4 fully saturated rings. The monoisotopic (exact) mass is 1390 g/mol. The Balaban J connectivity index is 0.000000444. The molecule has 5 aliphatic rings. The molecule has 2 aromatic carbocycles. The summed E-state index contributed by atoms with van der Waals surface area (Å²) in [5, 5.41) is 66.4. The van der Waals surface area contributed by atoms with Gasteiger partial charge >= 0.3 is 5.97 Å². The number of nitrogens with zero attached hydrogens (tertiary/aromatic N) is 2. The predicted octanol–water partition coefficient (Wildman–Crippen LogP) is -0.249. The van der Waals surface area contributed by atoms with Crippen molar-refractivity contribution >= 4 is 77.0 Å². The van der Waals surface area contributed by atoms with Gasteiger partial charge in [-0.2, -0.15) is 0 Å². The second-order valence-electron chi connectivity index (χ2n) is 28.0. The summed E-state index contributed by atoms with van der Waals surface area (Å²) in [4.78, 5) is 166. The summed E-state index contributed by atoms with van der Waals surface area (Å²) in [6.45, 7) is 8.46. The molecule has 15 atom stereocenters. The molecule has 0 radical (unpaired) electrons. The van der Waals surface area contributed by atoms with E-state index >= 15 is 0 Å². The zero-order chi connectivity index (χ0) is 73.3. The van der Waals surface area contributed by atoms with Crippen LogP contribution < -0.4 is 54.4 Å². The van der Waals surface area contributed by atoms with Crippen molar-refractivity contribution in [3.8, 4) is 5.75 Å². The maximum absolute atomic E-state index is 14.5. The average molecular weight is 1390 g/mol. The lowest BCUT2D eigenvalue weighted by Gasteiger charge is -2.59. The number of phenols is 1. The third-order valence-corrected chi connectivity index (χ3v) is 20.5. The molecule has 8 rings (SSSR count). The summed E-state index contributed by atoms with van der Waals surface area (Å²) in [6, 6.07) is 4.15. The number of primary amides is 1. The van der Waals surface area contributed by atoms with E-state index in [4.69, 9.17) is 22.6 Å². The number of aliphatic hydroxyl groups excluding tert-OH is 2. The molecule has 1 saturated heterocycles. The fourth-order valence-corrected chi connectivity index (χ4v) is 15.4. The van der Waals surface area contributed by atoms with Crippen LogP contribution in [0.4, 0.5) is 0 Å². The molecule has 3 saturated carbocycles. The van der Waals surface area contributed by atoms with E-state index < -0.39 is 144 Å². The van der Waals surface area contributed by atoms with Gasteiger partial charge in [0.05, 0.1) is 24.9 Å². The van der Waals surface area contributed by atoms with E-state index in [2.05, 4.69) is 54.1 Å². The number of imidazole rings is 1. The highest BCUT2D eigenvalue weighted by Gasteiger charge is 2.65. The third kappa shape index (κ3) is 19.5. The molecule has 0 unspecified atom stereocenters. The first-order valence-corrected chi connectivity index (χ1v) is 34.2. The number of hydrogen-bond acceptors (Lipinski definition) is 18.